The fourth-order valence-corrected chi connectivity index (χ4v) is 1.76. The average molecular weight is 252 g/mol. The Bertz CT molecular complexity index is 438. The largest absolute Gasteiger partial charge is 0.466 e. The van der Waals surface area contributed by atoms with E-state index < -0.39 is 0 Å². The van der Waals surface area contributed by atoms with Crippen LogP contribution in [0.15, 0.2) is 18.2 Å². The summed E-state index contributed by atoms with van der Waals surface area (Å²) in [5, 5.41) is 9.35. The smallest absolute Gasteiger partial charge is 0.302 e. The fourth-order valence-electron chi connectivity index (χ4n) is 1.57. The van der Waals surface area contributed by atoms with Crippen molar-refractivity contribution >= 4 is 17.6 Å². The predicted octanol–water partition coefficient (Wildman–Crippen LogP) is 2.90. The third-order valence-corrected chi connectivity index (χ3v) is 2.57. The molecule has 0 saturated heterocycles. The zero-order chi connectivity index (χ0) is 12.7. The van der Waals surface area contributed by atoms with Crippen molar-refractivity contribution in [3.05, 3.63) is 34.3 Å². The van der Waals surface area contributed by atoms with Crippen LogP contribution in [0.4, 0.5) is 0 Å². The molecule has 1 rings (SSSR count). The van der Waals surface area contributed by atoms with E-state index in [1.165, 1.54) is 6.92 Å². The number of carbonyl (C=O) groups excluding carboxylic acids is 1. The molecule has 3 nitrogen and oxygen atoms in total. The van der Waals surface area contributed by atoms with Gasteiger partial charge < -0.3 is 4.74 Å². The molecule has 0 aliphatic rings. The van der Waals surface area contributed by atoms with E-state index in [4.69, 9.17) is 21.6 Å². The number of ether oxygens (including phenoxy) is 1. The lowest BCUT2D eigenvalue weighted by atomic mass is 10.0. The van der Waals surface area contributed by atoms with Crippen molar-refractivity contribution in [1.29, 1.82) is 5.26 Å². The third-order valence-electron chi connectivity index (χ3n) is 2.33. The van der Waals surface area contributed by atoms with Crippen LogP contribution in [-0.2, 0) is 22.4 Å². The van der Waals surface area contributed by atoms with Crippen LogP contribution in [-0.4, -0.2) is 12.6 Å². The molecule has 90 valence electrons. The molecule has 1 aromatic carbocycles. The van der Waals surface area contributed by atoms with Gasteiger partial charge in [0.15, 0.2) is 0 Å². The van der Waals surface area contributed by atoms with Crippen LogP contribution in [0, 0.1) is 11.3 Å². The number of halogens is 1. The molecule has 17 heavy (non-hydrogen) atoms. The van der Waals surface area contributed by atoms with Gasteiger partial charge in [-0.3, -0.25) is 4.79 Å². The van der Waals surface area contributed by atoms with E-state index in [0.29, 0.717) is 18.1 Å². The Balaban J connectivity index is 2.58. The number of nitrogens with zero attached hydrogens (tertiary/aromatic N) is 1. The second-order valence-electron chi connectivity index (χ2n) is 3.69. The minimum atomic E-state index is -0.265. The summed E-state index contributed by atoms with van der Waals surface area (Å²) in [5.41, 5.74) is 2.03. The van der Waals surface area contributed by atoms with Gasteiger partial charge >= 0.3 is 5.97 Å². The van der Waals surface area contributed by atoms with Crippen LogP contribution < -0.4 is 0 Å². The lowest BCUT2D eigenvalue weighted by molar-refractivity contribution is -0.141. The highest BCUT2D eigenvalue weighted by molar-refractivity contribution is 6.30. The standard InChI is InChI=1S/C13H14ClNO2/c1-10(16)17-8-2-3-11-4-5-13(14)9-12(11)6-7-15/h4-5,9H,2-3,6,8H2,1H3. The molecule has 0 aliphatic heterocycles. The van der Waals surface area contributed by atoms with Crippen LogP contribution in [0.5, 0.6) is 0 Å². The molecule has 0 atom stereocenters. The van der Waals surface area contributed by atoms with E-state index in [1.807, 2.05) is 18.2 Å². The molecule has 0 aliphatic carbocycles. The fraction of sp³-hybridized carbons (Fsp3) is 0.385. The van der Waals surface area contributed by atoms with Gasteiger partial charge in [-0.05, 0) is 36.1 Å². The molecule has 0 N–H and O–H groups in total. The number of nitriles is 1. The maximum absolute atomic E-state index is 10.6. The van der Waals surface area contributed by atoms with E-state index in [9.17, 15) is 4.79 Å². The van der Waals surface area contributed by atoms with Gasteiger partial charge in [-0.15, -0.1) is 0 Å². The summed E-state index contributed by atoms with van der Waals surface area (Å²) in [6.07, 6.45) is 1.88. The Hall–Kier alpha value is -1.53. The quantitative estimate of drug-likeness (QED) is 0.597. The first-order chi connectivity index (χ1) is 8.13. The number of rotatable bonds is 5. The molecule has 1 aromatic rings. The van der Waals surface area contributed by atoms with Crippen molar-refractivity contribution in [2.45, 2.75) is 26.2 Å². The van der Waals surface area contributed by atoms with Gasteiger partial charge in [0, 0.05) is 11.9 Å². The zero-order valence-corrected chi connectivity index (χ0v) is 10.5. The molecule has 0 bridgehead atoms. The Kier molecular flexibility index (Phi) is 5.51. The molecule has 0 radical (unpaired) electrons. The van der Waals surface area contributed by atoms with Crippen molar-refractivity contribution in [2.75, 3.05) is 6.61 Å². The number of hydrogen-bond acceptors (Lipinski definition) is 3. The summed E-state index contributed by atoms with van der Waals surface area (Å²) in [6, 6.07) is 7.66. The SMILES string of the molecule is CC(=O)OCCCc1ccc(Cl)cc1CC#N. The summed E-state index contributed by atoms with van der Waals surface area (Å²) in [6.45, 7) is 1.80. The number of esters is 1. The van der Waals surface area contributed by atoms with Crippen LogP contribution in [0.25, 0.3) is 0 Å². The number of carbonyl (C=O) groups is 1. The van der Waals surface area contributed by atoms with Gasteiger partial charge in [0.1, 0.15) is 0 Å². The van der Waals surface area contributed by atoms with Crippen molar-refractivity contribution in [2.24, 2.45) is 0 Å². The lowest BCUT2D eigenvalue weighted by Crippen LogP contribution is -2.02. The Labute approximate surface area is 106 Å². The normalized spacial score (nSPS) is 9.71. The Morgan fingerprint density at radius 1 is 1.47 bits per heavy atom. The summed E-state index contributed by atoms with van der Waals surface area (Å²) >= 11 is 5.88. The summed E-state index contributed by atoms with van der Waals surface area (Å²) in [4.78, 5) is 10.6. The zero-order valence-electron chi connectivity index (χ0n) is 9.70. The molecular weight excluding hydrogens is 238 g/mol. The van der Waals surface area contributed by atoms with Crippen LogP contribution >= 0.6 is 11.6 Å². The lowest BCUT2D eigenvalue weighted by Gasteiger charge is -2.07. The van der Waals surface area contributed by atoms with Gasteiger partial charge in [0.25, 0.3) is 0 Å². The summed E-state index contributed by atoms with van der Waals surface area (Å²) in [5.74, 6) is -0.265. The first kappa shape index (κ1) is 13.5. The maximum Gasteiger partial charge on any atom is 0.302 e. The third kappa shape index (κ3) is 4.88. The van der Waals surface area contributed by atoms with Crippen molar-refractivity contribution in [1.82, 2.24) is 0 Å². The van der Waals surface area contributed by atoms with E-state index in [2.05, 4.69) is 6.07 Å². The van der Waals surface area contributed by atoms with Gasteiger partial charge in [-0.2, -0.15) is 5.26 Å². The predicted molar refractivity (Wildman–Crippen MR) is 65.7 cm³/mol. The van der Waals surface area contributed by atoms with Crippen LogP contribution in [0.3, 0.4) is 0 Å². The molecule has 0 aromatic heterocycles. The highest BCUT2D eigenvalue weighted by Crippen LogP contribution is 2.18. The van der Waals surface area contributed by atoms with E-state index >= 15 is 0 Å². The highest BCUT2D eigenvalue weighted by Gasteiger charge is 2.04. The average Bonchev–Trinajstić information content (AvgIpc) is 2.27. The molecule has 0 spiro atoms. The van der Waals surface area contributed by atoms with E-state index in [0.717, 1.165) is 24.0 Å². The molecule has 0 heterocycles. The second-order valence-corrected chi connectivity index (χ2v) is 4.13. The molecule has 4 heteroatoms. The number of aryl methyl sites for hydroxylation is 1. The monoisotopic (exact) mass is 251 g/mol. The van der Waals surface area contributed by atoms with Crippen molar-refractivity contribution in [3.8, 4) is 6.07 Å². The molecule has 0 unspecified atom stereocenters. The van der Waals surface area contributed by atoms with Gasteiger partial charge in [0.2, 0.25) is 0 Å². The van der Waals surface area contributed by atoms with E-state index in [1.54, 1.807) is 0 Å². The minimum Gasteiger partial charge on any atom is -0.466 e. The first-order valence-electron chi connectivity index (χ1n) is 5.41. The highest BCUT2D eigenvalue weighted by atomic mass is 35.5. The molecule has 0 amide bonds. The Morgan fingerprint density at radius 2 is 2.24 bits per heavy atom. The van der Waals surface area contributed by atoms with Crippen LogP contribution in [0.1, 0.15) is 24.5 Å². The van der Waals surface area contributed by atoms with Gasteiger partial charge in [-0.25, -0.2) is 0 Å². The topological polar surface area (TPSA) is 50.1 Å². The van der Waals surface area contributed by atoms with Crippen molar-refractivity contribution < 1.29 is 9.53 Å². The number of hydrogen-bond donors (Lipinski definition) is 0. The molecule has 0 fully saturated rings. The maximum atomic E-state index is 10.6. The van der Waals surface area contributed by atoms with Crippen LogP contribution in [0.2, 0.25) is 5.02 Å². The van der Waals surface area contributed by atoms with E-state index in [-0.39, 0.29) is 5.97 Å². The van der Waals surface area contributed by atoms with Crippen molar-refractivity contribution in [3.63, 3.8) is 0 Å². The minimum absolute atomic E-state index is 0.265. The van der Waals surface area contributed by atoms with Gasteiger partial charge in [0.05, 0.1) is 19.1 Å². The first-order valence-corrected chi connectivity index (χ1v) is 5.79. The molecular formula is C13H14ClNO2. The summed E-state index contributed by atoms with van der Waals surface area (Å²) < 4.78 is 4.86. The van der Waals surface area contributed by atoms with Gasteiger partial charge in [-0.1, -0.05) is 17.7 Å². The second kappa shape index (κ2) is 6.93. The summed E-state index contributed by atoms with van der Waals surface area (Å²) in [7, 11) is 0. The Morgan fingerprint density at radius 3 is 2.88 bits per heavy atom. The number of benzene rings is 1. The molecule has 0 saturated carbocycles.